The molecule has 0 saturated heterocycles. The number of esters is 2. The zero-order valence-electron chi connectivity index (χ0n) is 13.7. The molecule has 0 N–H and O–H groups in total. The summed E-state index contributed by atoms with van der Waals surface area (Å²) >= 11 is 0. The molecule has 0 aromatic carbocycles. The molecule has 0 bridgehead atoms. The highest BCUT2D eigenvalue weighted by Crippen LogP contribution is 2.20. The topological polar surface area (TPSA) is 52.6 Å². The van der Waals surface area contributed by atoms with Crippen LogP contribution in [0.15, 0.2) is 0 Å². The second-order valence-corrected chi connectivity index (χ2v) is 6.17. The zero-order valence-corrected chi connectivity index (χ0v) is 13.7. The van der Waals surface area contributed by atoms with Gasteiger partial charge < -0.3 is 9.47 Å². The molecule has 0 saturated carbocycles. The quantitative estimate of drug-likeness (QED) is 0.349. The molecule has 0 aliphatic carbocycles. The van der Waals surface area contributed by atoms with E-state index in [2.05, 4.69) is 6.92 Å². The van der Waals surface area contributed by atoms with E-state index in [1.54, 1.807) is 13.8 Å². The minimum Gasteiger partial charge on any atom is -0.465 e. The summed E-state index contributed by atoms with van der Waals surface area (Å²) in [7, 11) is 0. The van der Waals surface area contributed by atoms with Crippen molar-refractivity contribution in [3.8, 4) is 0 Å². The number of hydrogen-bond donors (Lipinski definition) is 0. The second-order valence-electron chi connectivity index (χ2n) is 6.17. The third kappa shape index (κ3) is 7.51. The third-order valence-corrected chi connectivity index (χ3v) is 3.05. The molecule has 0 amide bonds. The van der Waals surface area contributed by atoms with E-state index in [9.17, 15) is 9.59 Å². The number of unbranched alkanes of at least 4 members (excludes halogenated alkanes) is 4. The summed E-state index contributed by atoms with van der Waals surface area (Å²) in [5.41, 5.74) is -1.22. The predicted molar refractivity (Wildman–Crippen MR) is 79.3 cm³/mol. The molecule has 0 heterocycles. The number of ether oxygens (including phenoxy) is 2. The Bertz CT molecular complexity index is 295. The van der Waals surface area contributed by atoms with Crippen LogP contribution < -0.4 is 0 Å². The minimum absolute atomic E-state index is 0.254. The minimum atomic E-state index is -1.22. The lowest BCUT2D eigenvalue weighted by atomic mass is 9.94. The van der Waals surface area contributed by atoms with Crippen LogP contribution in [0.2, 0.25) is 0 Å². The Balaban J connectivity index is 4.01. The molecule has 0 fully saturated rings. The molecule has 0 aromatic heterocycles. The average molecular weight is 286 g/mol. The Labute approximate surface area is 123 Å². The van der Waals surface area contributed by atoms with Crippen LogP contribution in [0.4, 0.5) is 0 Å². The highest BCUT2D eigenvalue weighted by molar-refractivity contribution is 5.99. The first-order valence-electron chi connectivity index (χ1n) is 7.66. The van der Waals surface area contributed by atoms with Gasteiger partial charge in [0.2, 0.25) is 0 Å². The Hall–Kier alpha value is -1.06. The van der Waals surface area contributed by atoms with Crippen molar-refractivity contribution in [2.45, 2.75) is 66.7 Å². The Morgan fingerprint density at radius 1 is 0.950 bits per heavy atom. The van der Waals surface area contributed by atoms with Gasteiger partial charge in [0.1, 0.15) is 0 Å². The summed E-state index contributed by atoms with van der Waals surface area (Å²) in [6.07, 6.45) is 5.46. The number of rotatable bonds is 10. The van der Waals surface area contributed by atoms with Crippen molar-refractivity contribution in [1.29, 1.82) is 0 Å². The molecule has 0 spiro atoms. The highest BCUT2D eigenvalue weighted by atomic mass is 16.6. The molecular weight excluding hydrogens is 256 g/mol. The molecule has 0 atom stereocenters. The van der Waals surface area contributed by atoms with Gasteiger partial charge in [-0.15, -0.1) is 0 Å². The lowest BCUT2D eigenvalue weighted by molar-refractivity contribution is -0.170. The van der Waals surface area contributed by atoms with Crippen LogP contribution in [0.3, 0.4) is 0 Å². The fourth-order valence-corrected chi connectivity index (χ4v) is 1.56. The van der Waals surface area contributed by atoms with E-state index in [1.165, 1.54) is 12.8 Å². The fraction of sp³-hybridized carbons (Fsp3) is 0.875. The van der Waals surface area contributed by atoms with Crippen molar-refractivity contribution in [1.82, 2.24) is 0 Å². The molecule has 0 rings (SSSR count). The third-order valence-electron chi connectivity index (χ3n) is 3.05. The molecule has 0 aliphatic heterocycles. The van der Waals surface area contributed by atoms with Crippen LogP contribution in [0, 0.1) is 11.3 Å². The summed E-state index contributed by atoms with van der Waals surface area (Å²) < 4.78 is 10.3. The summed E-state index contributed by atoms with van der Waals surface area (Å²) in [4.78, 5) is 23.8. The second kappa shape index (κ2) is 9.78. The molecule has 4 heteroatoms. The van der Waals surface area contributed by atoms with Gasteiger partial charge in [0.15, 0.2) is 5.41 Å². The zero-order chi connectivity index (χ0) is 15.6. The van der Waals surface area contributed by atoms with Crippen molar-refractivity contribution in [2.24, 2.45) is 11.3 Å². The van der Waals surface area contributed by atoms with Gasteiger partial charge in [-0.1, -0.05) is 46.5 Å². The SMILES string of the molecule is CCCCCCCOC(=O)C(C)(C)C(=O)OCC(C)C. The van der Waals surface area contributed by atoms with Gasteiger partial charge in [0.25, 0.3) is 0 Å². The van der Waals surface area contributed by atoms with Crippen molar-refractivity contribution >= 4 is 11.9 Å². The van der Waals surface area contributed by atoms with E-state index in [-0.39, 0.29) is 5.92 Å². The summed E-state index contributed by atoms with van der Waals surface area (Å²) in [6.45, 7) is 9.87. The monoisotopic (exact) mass is 286 g/mol. The highest BCUT2D eigenvalue weighted by Gasteiger charge is 2.39. The maximum atomic E-state index is 11.9. The van der Waals surface area contributed by atoms with E-state index in [0.29, 0.717) is 13.2 Å². The molecule has 0 aliphatic rings. The van der Waals surface area contributed by atoms with Crippen LogP contribution in [0.1, 0.15) is 66.7 Å². The van der Waals surface area contributed by atoms with Crippen molar-refractivity contribution in [3.05, 3.63) is 0 Å². The standard InChI is InChI=1S/C16H30O4/c1-6-7-8-9-10-11-19-14(17)16(4,5)15(18)20-12-13(2)3/h13H,6-12H2,1-5H3. The van der Waals surface area contributed by atoms with Gasteiger partial charge in [-0.3, -0.25) is 9.59 Å². The molecule has 0 radical (unpaired) electrons. The van der Waals surface area contributed by atoms with Crippen LogP contribution in [-0.2, 0) is 19.1 Å². The largest absolute Gasteiger partial charge is 0.465 e. The maximum absolute atomic E-state index is 11.9. The molecule has 4 nitrogen and oxygen atoms in total. The van der Waals surface area contributed by atoms with Gasteiger partial charge in [-0.25, -0.2) is 0 Å². The van der Waals surface area contributed by atoms with E-state index in [0.717, 1.165) is 19.3 Å². The average Bonchev–Trinajstić information content (AvgIpc) is 2.39. The van der Waals surface area contributed by atoms with E-state index < -0.39 is 17.4 Å². The first kappa shape index (κ1) is 18.9. The Morgan fingerprint density at radius 2 is 1.50 bits per heavy atom. The number of hydrogen-bond acceptors (Lipinski definition) is 4. The predicted octanol–water partition coefficient (Wildman–Crippen LogP) is 3.73. The van der Waals surface area contributed by atoms with Gasteiger partial charge in [-0.05, 0) is 26.2 Å². The normalized spacial score (nSPS) is 11.5. The van der Waals surface area contributed by atoms with Crippen LogP contribution >= 0.6 is 0 Å². The smallest absolute Gasteiger partial charge is 0.322 e. The van der Waals surface area contributed by atoms with Crippen molar-refractivity contribution in [3.63, 3.8) is 0 Å². The first-order chi connectivity index (χ1) is 9.32. The van der Waals surface area contributed by atoms with E-state index >= 15 is 0 Å². The van der Waals surface area contributed by atoms with Crippen molar-refractivity contribution in [2.75, 3.05) is 13.2 Å². The fourth-order valence-electron chi connectivity index (χ4n) is 1.56. The Kier molecular flexibility index (Phi) is 9.26. The molecule has 118 valence electrons. The number of carbonyl (C=O) groups excluding carboxylic acids is 2. The van der Waals surface area contributed by atoms with Gasteiger partial charge in [0, 0.05) is 0 Å². The van der Waals surface area contributed by atoms with Crippen LogP contribution in [0.5, 0.6) is 0 Å². The van der Waals surface area contributed by atoms with E-state index in [4.69, 9.17) is 9.47 Å². The first-order valence-corrected chi connectivity index (χ1v) is 7.66. The van der Waals surface area contributed by atoms with Crippen molar-refractivity contribution < 1.29 is 19.1 Å². The number of carbonyl (C=O) groups is 2. The van der Waals surface area contributed by atoms with Crippen LogP contribution in [0.25, 0.3) is 0 Å². The molecule has 20 heavy (non-hydrogen) atoms. The lowest BCUT2D eigenvalue weighted by Gasteiger charge is -2.21. The summed E-state index contributed by atoms with van der Waals surface area (Å²) in [5.74, 6) is -0.756. The Morgan fingerprint density at radius 3 is 2.05 bits per heavy atom. The summed E-state index contributed by atoms with van der Waals surface area (Å²) in [5, 5.41) is 0. The molecule has 0 unspecified atom stereocenters. The summed E-state index contributed by atoms with van der Waals surface area (Å²) in [6, 6.07) is 0. The van der Waals surface area contributed by atoms with Crippen LogP contribution in [-0.4, -0.2) is 25.2 Å². The van der Waals surface area contributed by atoms with Gasteiger partial charge >= 0.3 is 11.9 Å². The molecular formula is C16H30O4. The van der Waals surface area contributed by atoms with Gasteiger partial charge in [-0.2, -0.15) is 0 Å². The van der Waals surface area contributed by atoms with E-state index in [1.807, 2.05) is 13.8 Å². The van der Waals surface area contributed by atoms with Gasteiger partial charge in [0.05, 0.1) is 13.2 Å². The molecule has 0 aromatic rings. The maximum Gasteiger partial charge on any atom is 0.322 e. The lowest BCUT2D eigenvalue weighted by Crippen LogP contribution is -2.37.